The number of halogens is 5. The minimum Gasteiger partial charge on any atom is -0.768 e. The normalized spacial score (nSPS) is 15.8. The van der Waals surface area contributed by atoms with Crippen molar-refractivity contribution in [3.05, 3.63) is 12.2 Å². The highest BCUT2D eigenvalue weighted by Crippen LogP contribution is 2.32. The van der Waals surface area contributed by atoms with E-state index in [1.54, 1.807) is 5.43 Å². The Balaban J connectivity index is 5.45. The maximum atomic E-state index is 12.8. The smallest absolute Gasteiger partial charge is 0.417 e. The van der Waals surface area contributed by atoms with Gasteiger partial charge in [-0.2, -0.15) is 27.1 Å². The Morgan fingerprint density at radius 1 is 1.38 bits per heavy atom. The number of alkyl halides is 5. The molecule has 0 fully saturated rings. The molecule has 0 aliphatic heterocycles. The highest BCUT2D eigenvalue weighted by molar-refractivity contribution is 7.81. The van der Waals surface area contributed by atoms with E-state index in [1.807, 2.05) is 0 Å². The van der Waals surface area contributed by atoms with E-state index in [2.05, 4.69) is 11.7 Å². The van der Waals surface area contributed by atoms with Gasteiger partial charge in [0.15, 0.2) is 5.71 Å². The molecule has 0 saturated carbocycles. The van der Waals surface area contributed by atoms with Gasteiger partial charge in [-0.25, -0.2) is 0 Å². The highest BCUT2D eigenvalue weighted by atomic mass is 32.2. The van der Waals surface area contributed by atoms with Crippen molar-refractivity contribution in [1.29, 1.82) is 0 Å². The van der Waals surface area contributed by atoms with Crippen molar-refractivity contribution < 1.29 is 30.7 Å². The van der Waals surface area contributed by atoms with Gasteiger partial charge < -0.3 is 9.98 Å². The van der Waals surface area contributed by atoms with Gasteiger partial charge in [-0.1, -0.05) is 6.58 Å². The van der Waals surface area contributed by atoms with E-state index < -0.39 is 33.8 Å². The zero-order valence-corrected chi connectivity index (χ0v) is 8.59. The van der Waals surface area contributed by atoms with Crippen molar-refractivity contribution >= 4 is 16.8 Å². The van der Waals surface area contributed by atoms with E-state index in [1.165, 1.54) is 0 Å². The Bertz CT molecular complexity index is 338. The van der Waals surface area contributed by atoms with Gasteiger partial charge in [0.05, 0.1) is 5.57 Å². The number of hydrogen-bond acceptors (Lipinski definition) is 4. The molecule has 0 aromatic heterocycles. The molecule has 0 amide bonds. The van der Waals surface area contributed by atoms with Gasteiger partial charge in [0.25, 0.3) is 0 Å². The molecule has 0 aliphatic carbocycles. The van der Waals surface area contributed by atoms with E-state index in [4.69, 9.17) is 0 Å². The van der Waals surface area contributed by atoms with E-state index in [9.17, 15) is 30.7 Å². The summed E-state index contributed by atoms with van der Waals surface area (Å²) in [6.07, 6.45) is -5.20. The van der Waals surface area contributed by atoms with E-state index in [0.29, 0.717) is 0 Å². The lowest BCUT2D eigenvalue weighted by atomic mass is 10.2. The highest BCUT2D eigenvalue weighted by Gasteiger charge is 2.48. The second kappa shape index (κ2) is 4.87. The topological polar surface area (TPSA) is 64.5 Å². The summed E-state index contributed by atoms with van der Waals surface area (Å²) in [7, 11) is 0.938. The summed E-state index contributed by atoms with van der Waals surface area (Å²) in [5.41, 5.74) is -2.37. The third-order valence-electron chi connectivity index (χ3n) is 1.34. The number of hydrazone groups is 1. The molecule has 16 heavy (non-hydrogen) atoms. The van der Waals surface area contributed by atoms with E-state index in [0.717, 1.165) is 7.05 Å². The van der Waals surface area contributed by atoms with Gasteiger partial charge in [0, 0.05) is 18.1 Å². The molecule has 1 N–H and O–H groups in total. The minimum atomic E-state index is -5.20. The van der Waals surface area contributed by atoms with Gasteiger partial charge in [0.1, 0.15) is 0 Å². The molecule has 0 saturated heterocycles. The van der Waals surface area contributed by atoms with Crippen LogP contribution in [0.4, 0.5) is 22.0 Å². The summed E-state index contributed by atoms with van der Waals surface area (Å²) in [6, 6.07) is 0. The molecule has 0 spiro atoms. The minimum absolute atomic E-state index is 0.938. The lowest BCUT2D eigenvalue weighted by molar-refractivity contribution is -0.0869. The summed E-state index contributed by atoms with van der Waals surface area (Å²) in [5, 5.41) is -2.18. The molecule has 1 atom stereocenters. The molecule has 1 unspecified atom stereocenters. The Morgan fingerprint density at radius 2 is 1.81 bits per heavy atom. The Morgan fingerprint density at radius 3 is 2.06 bits per heavy atom. The Hall–Kier alpha value is -1.03. The van der Waals surface area contributed by atoms with Crippen LogP contribution in [0, 0.1) is 0 Å². The summed E-state index contributed by atoms with van der Waals surface area (Å²) >= 11 is -4.08. The molecule has 94 valence electrons. The quantitative estimate of drug-likeness (QED) is 0.359. The van der Waals surface area contributed by atoms with Crippen LogP contribution in [0.3, 0.4) is 0 Å². The average Bonchev–Trinajstić information content (AvgIpc) is 2.11. The second-order valence-corrected chi connectivity index (χ2v) is 3.39. The number of nitrogens with one attached hydrogen (secondary N) is 1. The molecule has 0 aromatic rings. The van der Waals surface area contributed by atoms with Crippen LogP contribution in [0.2, 0.25) is 0 Å². The van der Waals surface area contributed by atoms with Crippen molar-refractivity contribution in [3.63, 3.8) is 0 Å². The molecular formula is C6H6F5N2O2S-. The first kappa shape index (κ1) is 15.0. The Kier molecular flexibility index (Phi) is 4.56. The van der Waals surface area contributed by atoms with Crippen molar-refractivity contribution in [3.8, 4) is 0 Å². The van der Waals surface area contributed by atoms with Crippen molar-refractivity contribution in [2.45, 2.75) is 11.4 Å². The summed E-state index contributed by atoms with van der Waals surface area (Å²) in [5.74, 6) is 0. The van der Waals surface area contributed by atoms with Crippen LogP contribution in [-0.2, 0) is 11.1 Å². The SMILES string of the molecule is C=C(/C(=N\NC)C(F)(F)S(=O)[O-])C(F)(F)F. The standard InChI is InChI=1S/C6H7F5N2O2S/c1-3(5(7,8)9)4(13-12-2)6(10,11)16(14)15/h12H,1H2,2H3,(H,14,15)/p-1/b13-4+. The third-order valence-corrected chi connectivity index (χ3v) is 1.95. The van der Waals surface area contributed by atoms with Crippen LogP contribution in [0.15, 0.2) is 17.3 Å². The molecule has 0 bridgehead atoms. The fourth-order valence-electron chi connectivity index (χ4n) is 0.633. The maximum absolute atomic E-state index is 12.8. The zero-order valence-electron chi connectivity index (χ0n) is 7.77. The van der Waals surface area contributed by atoms with Gasteiger partial charge in [-0.05, 0) is 0 Å². The summed E-state index contributed by atoms with van der Waals surface area (Å²) in [6.45, 7) is 2.34. The molecule has 10 heteroatoms. The third kappa shape index (κ3) is 3.23. The second-order valence-electron chi connectivity index (χ2n) is 2.41. The fraction of sp³-hybridized carbons (Fsp3) is 0.500. The van der Waals surface area contributed by atoms with Crippen LogP contribution in [0.5, 0.6) is 0 Å². The molecule has 4 nitrogen and oxygen atoms in total. The van der Waals surface area contributed by atoms with E-state index in [-0.39, 0.29) is 0 Å². The first-order valence-corrected chi connectivity index (χ1v) is 4.61. The maximum Gasteiger partial charge on any atom is 0.417 e. The van der Waals surface area contributed by atoms with Crippen LogP contribution >= 0.6 is 0 Å². The Labute approximate surface area is 89.5 Å². The fourth-order valence-corrected chi connectivity index (χ4v) is 0.960. The van der Waals surface area contributed by atoms with Crippen LogP contribution < -0.4 is 5.43 Å². The molecule has 0 aromatic carbocycles. The zero-order chi connectivity index (χ0) is 13.1. The van der Waals surface area contributed by atoms with E-state index >= 15 is 0 Å². The van der Waals surface area contributed by atoms with Gasteiger partial charge in [0.2, 0.25) is 0 Å². The lowest BCUT2D eigenvalue weighted by Gasteiger charge is -2.22. The lowest BCUT2D eigenvalue weighted by Crippen LogP contribution is -2.39. The van der Waals surface area contributed by atoms with Crippen LogP contribution in [0.25, 0.3) is 0 Å². The van der Waals surface area contributed by atoms with Crippen molar-refractivity contribution in [2.75, 3.05) is 7.05 Å². The molecular weight excluding hydrogens is 259 g/mol. The molecule has 0 rings (SSSR count). The number of hydrogen-bond donors (Lipinski definition) is 1. The molecule has 0 heterocycles. The van der Waals surface area contributed by atoms with Gasteiger partial charge >= 0.3 is 11.4 Å². The number of nitrogens with zero attached hydrogens (tertiary/aromatic N) is 1. The summed E-state index contributed by atoms with van der Waals surface area (Å²) in [4.78, 5) is 0. The van der Waals surface area contributed by atoms with Crippen molar-refractivity contribution in [1.82, 2.24) is 5.43 Å². The number of rotatable bonds is 4. The monoisotopic (exact) mass is 265 g/mol. The van der Waals surface area contributed by atoms with Gasteiger partial charge in [-0.15, -0.1) is 0 Å². The van der Waals surface area contributed by atoms with Crippen LogP contribution in [0.1, 0.15) is 0 Å². The molecule has 0 aliphatic rings. The van der Waals surface area contributed by atoms with Crippen LogP contribution in [-0.4, -0.2) is 33.0 Å². The first-order chi connectivity index (χ1) is 7.05. The largest absolute Gasteiger partial charge is 0.768 e. The average molecular weight is 265 g/mol. The van der Waals surface area contributed by atoms with Gasteiger partial charge in [-0.3, -0.25) is 4.21 Å². The predicted octanol–water partition coefficient (Wildman–Crippen LogP) is 1.15. The summed E-state index contributed by atoms with van der Waals surface area (Å²) < 4.78 is 82.1. The predicted molar refractivity (Wildman–Crippen MR) is 45.6 cm³/mol. The number of allylic oxidation sites excluding steroid dienone is 1. The van der Waals surface area contributed by atoms with Crippen molar-refractivity contribution in [2.24, 2.45) is 5.10 Å². The first-order valence-electron chi connectivity index (χ1n) is 3.53. The molecule has 0 radical (unpaired) electrons.